The fraction of sp³-hybridized carbons (Fsp3) is 0.846. The SMILES string of the molecule is CCC(=O)N1CN(C(=O)CC)[C@@H]2CCCC[C@H]21. The van der Waals surface area contributed by atoms with Crippen molar-refractivity contribution < 1.29 is 9.59 Å². The molecule has 0 N–H and O–H groups in total. The zero-order chi connectivity index (χ0) is 12.4. The molecule has 1 aliphatic heterocycles. The molecule has 0 radical (unpaired) electrons. The van der Waals surface area contributed by atoms with Gasteiger partial charge in [-0.25, -0.2) is 0 Å². The van der Waals surface area contributed by atoms with E-state index >= 15 is 0 Å². The Labute approximate surface area is 103 Å². The average molecular weight is 238 g/mol. The van der Waals surface area contributed by atoms with E-state index in [0.717, 1.165) is 12.8 Å². The third kappa shape index (κ3) is 2.17. The molecule has 96 valence electrons. The molecule has 0 bridgehead atoms. The Morgan fingerprint density at radius 2 is 1.35 bits per heavy atom. The molecule has 1 saturated carbocycles. The molecule has 0 spiro atoms. The second-order valence-corrected chi connectivity index (χ2v) is 4.99. The van der Waals surface area contributed by atoms with Gasteiger partial charge in [-0.05, 0) is 12.8 Å². The molecule has 1 aliphatic carbocycles. The molecule has 17 heavy (non-hydrogen) atoms. The van der Waals surface area contributed by atoms with Crippen LogP contribution >= 0.6 is 0 Å². The van der Waals surface area contributed by atoms with Gasteiger partial charge in [-0.1, -0.05) is 26.7 Å². The zero-order valence-corrected chi connectivity index (χ0v) is 10.8. The fourth-order valence-corrected chi connectivity index (χ4v) is 3.13. The molecule has 2 rings (SSSR count). The summed E-state index contributed by atoms with van der Waals surface area (Å²) < 4.78 is 0. The summed E-state index contributed by atoms with van der Waals surface area (Å²) in [5, 5.41) is 0. The van der Waals surface area contributed by atoms with Crippen molar-refractivity contribution in [2.75, 3.05) is 6.67 Å². The van der Waals surface area contributed by atoms with Gasteiger partial charge in [0.25, 0.3) is 0 Å². The van der Waals surface area contributed by atoms with Gasteiger partial charge in [0.15, 0.2) is 0 Å². The largest absolute Gasteiger partial charge is 0.320 e. The van der Waals surface area contributed by atoms with Gasteiger partial charge < -0.3 is 9.80 Å². The minimum absolute atomic E-state index is 0.188. The Balaban J connectivity index is 2.16. The van der Waals surface area contributed by atoms with Crippen LogP contribution in [0.15, 0.2) is 0 Å². The lowest BCUT2D eigenvalue weighted by Gasteiger charge is -2.31. The minimum Gasteiger partial charge on any atom is -0.320 e. The molecule has 4 nitrogen and oxygen atoms in total. The fourth-order valence-electron chi connectivity index (χ4n) is 3.13. The van der Waals surface area contributed by atoms with E-state index in [1.807, 2.05) is 23.6 Å². The molecule has 2 fully saturated rings. The smallest absolute Gasteiger partial charge is 0.224 e. The van der Waals surface area contributed by atoms with Gasteiger partial charge in [-0.3, -0.25) is 9.59 Å². The normalized spacial score (nSPS) is 28.1. The van der Waals surface area contributed by atoms with Crippen LogP contribution in [0, 0.1) is 0 Å². The molecule has 1 heterocycles. The highest BCUT2D eigenvalue weighted by Crippen LogP contribution is 2.33. The summed E-state index contributed by atoms with van der Waals surface area (Å²) in [7, 11) is 0. The van der Waals surface area contributed by atoms with Crippen molar-refractivity contribution in [2.45, 2.75) is 64.5 Å². The minimum atomic E-state index is 0.188. The van der Waals surface area contributed by atoms with E-state index in [0.29, 0.717) is 19.5 Å². The van der Waals surface area contributed by atoms with E-state index in [9.17, 15) is 9.59 Å². The van der Waals surface area contributed by atoms with E-state index in [1.54, 1.807) is 0 Å². The van der Waals surface area contributed by atoms with Gasteiger partial charge in [-0.15, -0.1) is 0 Å². The quantitative estimate of drug-likeness (QED) is 0.735. The summed E-state index contributed by atoms with van der Waals surface area (Å²) >= 11 is 0. The molecule has 0 aromatic heterocycles. The Morgan fingerprint density at radius 1 is 0.941 bits per heavy atom. The number of amides is 2. The highest BCUT2D eigenvalue weighted by atomic mass is 16.2. The van der Waals surface area contributed by atoms with E-state index < -0.39 is 0 Å². The predicted octanol–water partition coefficient (Wildman–Crippen LogP) is 1.75. The van der Waals surface area contributed by atoms with Crippen LogP contribution in [0.1, 0.15) is 52.4 Å². The van der Waals surface area contributed by atoms with Crippen molar-refractivity contribution >= 4 is 11.8 Å². The summed E-state index contributed by atoms with van der Waals surface area (Å²) in [6, 6.07) is 0.568. The number of carbonyl (C=O) groups is 2. The highest BCUT2D eigenvalue weighted by Gasteiger charge is 2.44. The van der Waals surface area contributed by atoms with Crippen LogP contribution in [0.3, 0.4) is 0 Å². The zero-order valence-electron chi connectivity index (χ0n) is 10.8. The number of hydrogen-bond acceptors (Lipinski definition) is 2. The summed E-state index contributed by atoms with van der Waals surface area (Å²) in [6.07, 6.45) is 5.56. The van der Waals surface area contributed by atoms with Crippen LogP contribution in [0.5, 0.6) is 0 Å². The monoisotopic (exact) mass is 238 g/mol. The van der Waals surface area contributed by atoms with E-state index in [4.69, 9.17) is 0 Å². The van der Waals surface area contributed by atoms with Crippen molar-refractivity contribution in [3.63, 3.8) is 0 Å². The predicted molar refractivity (Wildman–Crippen MR) is 65.2 cm³/mol. The molecular weight excluding hydrogens is 216 g/mol. The van der Waals surface area contributed by atoms with Crippen molar-refractivity contribution in [1.82, 2.24) is 9.80 Å². The van der Waals surface area contributed by atoms with Crippen molar-refractivity contribution in [3.8, 4) is 0 Å². The lowest BCUT2D eigenvalue weighted by atomic mass is 9.90. The lowest BCUT2D eigenvalue weighted by molar-refractivity contribution is -0.134. The average Bonchev–Trinajstić information content (AvgIpc) is 2.76. The number of nitrogens with zero attached hydrogens (tertiary/aromatic N) is 2. The molecule has 0 aromatic carbocycles. The lowest BCUT2D eigenvalue weighted by Crippen LogP contribution is -2.42. The number of carbonyl (C=O) groups excluding carboxylic acids is 2. The van der Waals surface area contributed by atoms with Crippen molar-refractivity contribution in [1.29, 1.82) is 0 Å². The summed E-state index contributed by atoms with van der Waals surface area (Å²) in [5.41, 5.74) is 0. The first-order valence-electron chi connectivity index (χ1n) is 6.78. The van der Waals surface area contributed by atoms with Gasteiger partial charge in [0, 0.05) is 12.8 Å². The summed E-state index contributed by atoms with van der Waals surface area (Å²) in [5.74, 6) is 0.376. The van der Waals surface area contributed by atoms with E-state index in [2.05, 4.69) is 0 Å². The molecule has 2 aliphatic rings. The maximum absolute atomic E-state index is 11.9. The van der Waals surface area contributed by atoms with Crippen LogP contribution in [0.4, 0.5) is 0 Å². The van der Waals surface area contributed by atoms with Crippen LogP contribution in [-0.4, -0.2) is 40.4 Å². The standard InChI is InChI=1S/C13H22N2O2/c1-3-12(16)14-9-15(13(17)4-2)11-8-6-5-7-10(11)14/h10-11H,3-9H2,1-2H3/t10-,11-/m1/s1. The highest BCUT2D eigenvalue weighted by molar-refractivity contribution is 5.80. The first-order valence-corrected chi connectivity index (χ1v) is 6.78. The van der Waals surface area contributed by atoms with Gasteiger partial charge in [0.05, 0.1) is 18.8 Å². The molecule has 4 heteroatoms. The third-order valence-corrected chi connectivity index (χ3v) is 4.04. The Morgan fingerprint density at radius 3 is 1.71 bits per heavy atom. The summed E-state index contributed by atoms with van der Waals surface area (Å²) in [6.45, 7) is 4.31. The molecule has 2 amide bonds. The first-order chi connectivity index (χ1) is 8.19. The van der Waals surface area contributed by atoms with Crippen molar-refractivity contribution in [3.05, 3.63) is 0 Å². The van der Waals surface area contributed by atoms with E-state index in [1.165, 1.54) is 12.8 Å². The third-order valence-electron chi connectivity index (χ3n) is 4.04. The topological polar surface area (TPSA) is 40.6 Å². The summed E-state index contributed by atoms with van der Waals surface area (Å²) in [4.78, 5) is 27.7. The Hall–Kier alpha value is -1.06. The molecule has 2 atom stereocenters. The van der Waals surface area contributed by atoms with Crippen LogP contribution in [0.2, 0.25) is 0 Å². The molecule has 1 saturated heterocycles. The number of hydrogen-bond donors (Lipinski definition) is 0. The van der Waals surface area contributed by atoms with Gasteiger partial charge in [0.2, 0.25) is 11.8 Å². The van der Waals surface area contributed by atoms with Crippen LogP contribution in [0.25, 0.3) is 0 Å². The molecular formula is C13H22N2O2. The van der Waals surface area contributed by atoms with Gasteiger partial charge >= 0.3 is 0 Å². The van der Waals surface area contributed by atoms with Gasteiger partial charge in [0.1, 0.15) is 0 Å². The number of fused-ring (bicyclic) bond motifs is 1. The second kappa shape index (κ2) is 5.07. The van der Waals surface area contributed by atoms with Crippen LogP contribution < -0.4 is 0 Å². The Kier molecular flexibility index (Phi) is 3.69. The second-order valence-electron chi connectivity index (χ2n) is 4.99. The van der Waals surface area contributed by atoms with Crippen LogP contribution in [-0.2, 0) is 9.59 Å². The molecule has 0 aromatic rings. The van der Waals surface area contributed by atoms with Gasteiger partial charge in [-0.2, -0.15) is 0 Å². The first kappa shape index (κ1) is 12.4. The maximum Gasteiger partial charge on any atom is 0.224 e. The number of rotatable bonds is 2. The van der Waals surface area contributed by atoms with E-state index in [-0.39, 0.29) is 23.9 Å². The van der Waals surface area contributed by atoms with Crippen molar-refractivity contribution in [2.24, 2.45) is 0 Å². The Bertz CT molecular complexity index is 287. The maximum atomic E-state index is 11.9. The molecule has 0 unspecified atom stereocenters.